The first kappa shape index (κ1) is 15.1. The molecule has 2 aromatic rings. The zero-order chi connectivity index (χ0) is 15.5. The first-order chi connectivity index (χ1) is 10.7. The Morgan fingerprint density at radius 3 is 2.95 bits per heavy atom. The van der Waals surface area contributed by atoms with E-state index in [1.54, 1.807) is 0 Å². The third-order valence-corrected chi connectivity index (χ3v) is 4.08. The summed E-state index contributed by atoms with van der Waals surface area (Å²) < 4.78 is 32.6. The van der Waals surface area contributed by atoms with E-state index >= 15 is 0 Å². The Morgan fingerprint density at radius 1 is 1.32 bits per heavy atom. The second-order valence-corrected chi connectivity index (χ2v) is 5.62. The van der Waals surface area contributed by atoms with Crippen LogP contribution in [0.15, 0.2) is 22.7 Å². The van der Waals surface area contributed by atoms with Crippen LogP contribution in [-0.2, 0) is 13.0 Å². The van der Waals surface area contributed by atoms with Crippen molar-refractivity contribution in [3.8, 4) is 0 Å². The Labute approximate surface area is 128 Å². The van der Waals surface area contributed by atoms with Crippen molar-refractivity contribution in [1.82, 2.24) is 15.0 Å². The fraction of sp³-hybridized carbons (Fsp3) is 0.500. The first-order valence-electron chi connectivity index (χ1n) is 7.68. The minimum Gasteiger partial charge on any atom is -0.338 e. The lowest BCUT2D eigenvalue weighted by atomic mass is 10.0. The number of benzene rings is 1. The molecule has 0 amide bonds. The van der Waals surface area contributed by atoms with Gasteiger partial charge in [-0.3, -0.25) is 4.90 Å². The van der Waals surface area contributed by atoms with Crippen LogP contribution in [-0.4, -0.2) is 21.6 Å². The molecule has 0 saturated carbocycles. The van der Waals surface area contributed by atoms with Crippen molar-refractivity contribution in [2.45, 2.75) is 45.2 Å². The molecule has 0 radical (unpaired) electrons. The average molecular weight is 307 g/mol. The molecular weight excluding hydrogens is 288 g/mol. The molecule has 118 valence electrons. The van der Waals surface area contributed by atoms with Crippen LogP contribution in [0.4, 0.5) is 8.78 Å². The van der Waals surface area contributed by atoms with E-state index in [4.69, 9.17) is 4.52 Å². The molecule has 3 rings (SSSR count). The van der Waals surface area contributed by atoms with Gasteiger partial charge in [-0.15, -0.1) is 0 Å². The van der Waals surface area contributed by atoms with Gasteiger partial charge in [0.1, 0.15) is 11.6 Å². The standard InChI is InChI=1S/C16H19F2N3O/c1-2-15-19-16(22-20-15)14-5-3-4-8-21(14)10-11-9-12(17)6-7-13(11)18/h6-7,9,14H,2-5,8,10H2,1H3. The number of hydrogen-bond acceptors (Lipinski definition) is 4. The summed E-state index contributed by atoms with van der Waals surface area (Å²) >= 11 is 0. The molecule has 0 spiro atoms. The number of halogens is 2. The van der Waals surface area contributed by atoms with Gasteiger partial charge in [-0.25, -0.2) is 8.78 Å². The molecule has 0 aliphatic carbocycles. The van der Waals surface area contributed by atoms with Gasteiger partial charge in [-0.1, -0.05) is 18.5 Å². The summed E-state index contributed by atoms with van der Waals surface area (Å²) in [4.78, 5) is 6.49. The van der Waals surface area contributed by atoms with Crippen LogP contribution in [0.2, 0.25) is 0 Å². The Hall–Kier alpha value is -1.82. The van der Waals surface area contributed by atoms with Crippen molar-refractivity contribution in [1.29, 1.82) is 0 Å². The lowest BCUT2D eigenvalue weighted by Gasteiger charge is -2.33. The molecule has 0 bridgehead atoms. The van der Waals surface area contributed by atoms with Crippen LogP contribution in [0, 0.1) is 11.6 Å². The summed E-state index contributed by atoms with van der Waals surface area (Å²) in [5.74, 6) is 0.451. The Bertz CT molecular complexity index is 644. The molecule has 1 aliphatic heterocycles. The molecule has 2 heterocycles. The number of piperidine rings is 1. The van der Waals surface area contributed by atoms with E-state index in [1.165, 1.54) is 12.1 Å². The largest absolute Gasteiger partial charge is 0.338 e. The van der Waals surface area contributed by atoms with E-state index in [-0.39, 0.29) is 11.9 Å². The maximum atomic E-state index is 13.9. The third-order valence-electron chi connectivity index (χ3n) is 4.08. The fourth-order valence-electron chi connectivity index (χ4n) is 2.89. The van der Waals surface area contributed by atoms with Crippen molar-refractivity contribution >= 4 is 0 Å². The lowest BCUT2D eigenvalue weighted by Crippen LogP contribution is -2.33. The number of aryl methyl sites for hydroxylation is 1. The second kappa shape index (κ2) is 6.52. The highest BCUT2D eigenvalue weighted by molar-refractivity contribution is 5.19. The molecule has 0 N–H and O–H groups in total. The Morgan fingerprint density at radius 2 is 2.18 bits per heavy atom. The minimum absolute atomic E-state index is 0.0239. The van der Waals surface area contributed by atoms with Crippen molar-refractivity contribution in [3.05, 3.63) is 47.1 Å². The first-order valence-corrected chi connectivity index (χ1v) is 7.68. The maximum Gasteiger partial charge on any atom is 0.244 e. The molecule has 1 atom stereocenters. The van der Waals surface area contributed by atoms with Crippen LogP contribution in [0.5, 0.6) is 0 Å². The minimum atomic E-state index is -0.420. The summed E-state index contributed by atoms with van der Waals surface area (Å²) in [6, 6.07) is 3.54. The van der Waals surface area contributed by atoms with Crippen LogP contribution < -0.4 is 0 Å². The van der Waals surface area contributed by atoms with E-state index in [9.17, 15) is 8.78 Å². The van der Waals surface area contributed by atoms with Crippen LogP contribution in [0.3, 0.4) is 0 Å². The van der Waals surface area contributed by atoms with Crippen molar-refractivity contribution in [3.63, 3.8) is 0 Å². The molecule has 1 unspecified atom stereocenters. The molecule has 22 heavy (non-hydrogen) atoms. The second-order valence-electron chi connectivity index (χ2n) is 5.62. The third kappa shape index (κ3) is 3.16. The average Bonchev–Trinajstić information content (AvgIpc) is 3.00. The lowest BCUT2D eigenvalue weighted by molar-refractivity contribution is 0.110. The number of hydrogen-bond donors (Lipinski definition) is 0. The fourth-order valence-corrected chi connectivity index (χ4v) is 2.89. The topological polar surface area (TPSA) is 42.2 Å². The molecule has 4 nitrogen and oxygen atoms in total. The molecule has 1 aromatic carbocycles. The van der Waals surface area contributed by atoms with Gasteiger partial charge in [0.25, 0.3) is 0 Å². The molecule has 1 saturated heterocycles. The predicted molar refractivity (Wildman–Crippen MR) is 77.0 cm³/mol. The SMILES string of the molecule is CCc1noc(C2CCCCN2Cc2cc(F)ccc2F)n1. The van der Waals surface area contributed by atoms with Crippen LogP contribution >= 0.6 is 0 Å². The Balaban J connectivity index is 1.81. The molecule has 6 heteroatoms. The van der Waals surface area contributed by atoms with Crippen molar-refractivity contribution < 1.29 is 13.3 Å². The van der Waals surface area contributed by atoms with Crippen LogP contribution in [0.25, 0.3) is 0 Å². The number of nitrogens with zero attached hydrogens (tertiary/aromatic N) is 3. The number of aromatic nitrogens is 2. The van der Waals surface area contributed by atoms with Gasteiger partial charge in [0.15, 0.2) is 5.82 Å². The molecule has 1 aliphatic rings. The van der Waals surface area contributed by atoms with E-state index in [0.29, 0.717) is 23.8 Å². The summed E-state index contributed by atoms with van der Waals surface area (Å²) in [5, 5.41) is 3.94. The predicted octanol–water partition coefficient (Wildman–Crippen LogP) is 3.64. The maximum absolute atomic E-state index is 13.9. The highest BCUT2D eigenvalue weighted by Gasteiger charge is 2.29. The van der Waals surface area contributed by atoms with Gasteiger partial charge in [-0.2, -0.15) is 4.98 Å². The summed E-state index contributed by atoms with van der Waals surface area (Å²) in [7, 11) is 0. The zero-order valence-electron chi connectivity index (χ0n) is 12.6. The molecular formula is C16H19F2N3O. The zero-order valence-corrected chi connectivity index (χ0v) is 12.6. The van der Waals surface area contributed by atoms with Crippen molar-refractivity contribution in [2.24, 2.45) is 0 Å². The molecule has 1 fully saturated rings. The summed E-state index contributed by atoms with van der Waals surface area (Å²) in [6.07, 6.45) is 3.70. The quantitative estimate of drug-likeness (QED) is 0.865. The van der Waals surface area contributed by atoms with E-state index in [1.807, 2.05) is 6.92 Å². The van der Waals surface area contributed by atoms with Gasteiger partial charge >= 0.3 is 0 Å². The van der Waals surface area contributed by atoms with Gasteiger partial charge in [0, 0.05) is 18.5 Å². The highest BCUT2D eigenvalue weighted by atomic mass is 19.1. The van der Waals surface area contributed by atoms with Crippen LogP contribution in [0.1, 0.15) is 49.5 Å². The van der Waals surface area contributed by atoms with E-state index in [0.717, 1.165) is 38.3 Å². The molecule has 1 aromatic heterocycles. The number of rotatable bonds is 4. The normalized spacial score (nSPS) is 19.5. The van der Waals surface area contributed by atoms with Gasteiger partial charge < -0.3 is 4.52 Å². The van der Waals surface area contributed by atoms with Gasteiger partial charge in [-0.05, 0) is 37.6 Å². The Kier molecular flexibility index (Phi) is 4.47. The monoisotopic (exact) mass is 307 g/mol. The van der Waals surface area contributed by atoms with E-state index < -0.39 is 5.82 Å². The smallest absolute Gasteiger partial charge is 0.244 e. The van der Waals surface area contributed by atoms with Gasteiger partial charge in [0.05, 0.1) is 6.04 Å². The van der Waals surface area contributed by atoms with E-state index in [2.05, 4.69) is 15.0 Å². The van der Waals surface area contributed by atoms with Gasteiger partial charge in [0.2, 0.25) is 5.89 Å². The number of likely N-dealkylation sites (tertiary alicyclic amines) is 1. The highest BCUT2D eigenvalue weighted by Crippen LogP contribution is 2.31. The van der Waals surface area contributed by atoms with Crippen molar-refractivity contribution in [2.75, 3.05) is 6.54 Å². The summed E-state index contributed by atoms with van der Waals surface area (Å²) in [5.41, 5.74) is 0.363. The summed E-state index contributed by atoms with van der Waals surface area (Å²) in [6.45, 7) is 3.12.